The second-order valence-electron chi connectivity index (χ2n) is 5.25. The molecule has 1 N–H and O–H groups in total. The van der Waals surface area contributed by atoms with Gasteiger partial charge in [0, 0.05) is 31.4 Å². The van der Waals surface area contributed by atoms with Gasteiger partial charge < -0.3 is 10.2 Å². The van der Waals surface area contributed by atoms with Gasteiger partial charge in [-0.1, -0.05) is 24.3 Å². The Morgan fingerprint density at radius 2 is 1.88 bits per heavy atom. The van der Waals surface area contributed by atoms with E-state index in [-0.39, 0.29) is 23.5 Å². The fourth-order valence-electron chi connectivity index (χ4n) is 2.18. The van der Waals surface area contributed by atoms with Gasteiger partial charge in [0.25, 0.3) is 5.69 Å². The molecule has 0 spiro atoms. The minimum atomic E-state index is -4.52. The molecule has 2 amide bonds. The lowest BCUT2D eigenvalue weighted by atomic mass is 10.1. The topological polar surface area (TPSA) is 75.5 Å². The number of benzene rings is 2. The van der Waals surface area contributed by atoms with Crippen molar-refractivity contribution in [2.45, 2.75) is 12.7 Å². The van der Waals surface area contributed by atoms with Crippen LogP contribution in [0.5, 0.6) is 0 Å². The molecule has 2 aromatic rings. The minimum absolute atomic E-state index is 0.0494. The number of carbonyl (C=O) groups is 1. The van der Waals surface area contributed by atoms with E-state index < -0.39 is 22.7 Å². The number of hydrogen-bond acceptors (Lipinski definition) is 3. The molecule has 132 valence electrons. The number of carbonyl (C=O) groups excluding carboxylic acids is 1. The zero-order valence-electron chi connectivity index (χ0n) is 13.1. The summed E-state index contributed by atoms with van der Waals surface area (Å²) >= 11 is 0. The molecule has 0 bridgehead atoms. The molecular weight excluding hydrogens is 339 g/mol. The number of nitro benzene ring substituents is 1. The van der Waals surface area contributed by atoms with E-state index in [2.05, 4.69) is 5.32 Å². The van der Waals surface area contributed by atoms with Crippen molar-refractivity contribution < 1.29 is 22.9 Å². The summed E-state index contributed by atoms with van der Waals surface area (Å²) in [5.74, 6) is 0. The first-order valence-corrected chi connectivity index (χ1v) is 7.10. The Balaban J connectivity index is 2.12. The molecule has 0 aliphatic heterocycles. The molecule has 0 saturated carbocycles. The van der Waals surface area contributed by atoms with Gasteiger partial charge in [0.15, 0.2) is 0 Å². The van der Waals surface area contributed by atoms with Crippen LogP contribution in [-0.4, -0.2) is 22.9 Å². The van der Waals surface area contributed by atoms with Crippen LogP contribution in [0.3, 0.4) is 0 Å². The van der Waals surface area contributed by atoms with Crippen molar-refractivity contribution in [2.75, 3.05) is 12.4 Å². The number of rotatable bonds is 4. The van der Waals surface area contributed by atoms with E-state index in [4.69, 9.17) is 0 Å². The molecule has 0 saturated heterocycles. The maximum atomic E-state index is 13.0. The number of halogens is 3. The van der Waals surface area contributed by atoms with E-state index in [1.807, 2.05) is 0 Å². The predicted molar refractivity (Wildman–Crippen MR) is 85.0 cm³/mol. The van der Waals surface area contributed by atoms with Gasteiger partial charge in [-0.05, 0) is 17.7 Å². The number of non-ortho nitro benzene ring substituents is 1. The highest BCUT2D eigenvalue weighted by atomic mass is 19.4. The molecule has 6 nitrogen and oxygen atoms in total. The summed E-state index contributed by atoms with van der Waals surface area (Å²) in [4.78, 5) is 23.3. The lowest BCUT2D eigenvalue weighted by Crippen LogP contribution is -2.31. The van der Waals surface area contributed by atoms with Gasteiger partial charge in [0.1, 0.15) is 0 Å². The molecule has 0 heterocycles. The van der Waals surface area contributed by atoms with E-state index in [0.717, 1.165) is 17.0 Å². The van der Waals surface area contributed by atoms with Crippen molar-refractivity contribution in [2.24, 2.45) is 0 Å². The molecule has 25 heavy (non-hydrogen) atoms. The maximum Gasteiger partial charge on any atom is 0.416 e. The normalized spacial score (nSPS) is 11.0. The number of alkyl halides is 3. The molecule has 0 aromatic heterocycles. The van der Waals surface area contributed by atoms with Gasteiger partial charge in [-0.3, -0.25) is 10.1 Å². The van der Waals surface area contributed by atoms with Crippen LogP contribution >= 0.6 is 0 Å². The Kier molecular flexibility index (Phi) is 5.26. The second kappa shape index (κ2) is 7.20. The van der Waals surface area contributed by atoms with Gasteiger partial charge >= 0.3 is 12.2 Å². The number of nitrogens with one attached hydrogen (secondary N) is 1. The van der Waals surface area contributed by atoms with Gasteiger partial charge in [-0.25, -0.2) is 4.79 Å². The van der Waals surface area contributed by atoms with Crippen molar-refractivity contribution in [3.63, 3.8) is 0 Å². The molecule has 0 radical (unpaired) electrons. The molecule has 0 aliphatic carbocycles. The van der Waals surface area contributed by atoms with Crippen molar-refractivity contribution >= 4 is 17.4 Å². The smallest absolute Gasteiger partial charge is 0.323 e. The number of amides is 2. The zero-order valence-corrected chi connectivity index (χ0v) is 13.1. The monoisotopic (exact) mass is 353 g/mol. The summed E-state index contributed by atoms with van der Waals surface area (Å²) in [6.45, 7) is -0.267. The predicted octanol–water partition coefficient (Wildman–Crippen LogP) is 4.28. The van der Waals surface area contributed by atoms with Gasteiger partial charge in [-0.15, -0.1) is 0 Å². The van der Waals surface area contributed by atoms with Crippen LogP contribution in [0, 0.1) is 10.1 Å². The molecule has 0 unspecified atom stereocenters. The molecular formula is C16H14F3N3O3. The standard InChI is InChI=1S/C16H14F3N3O3/c1-21(10-11-5-2-3-8-14(11)16(17,18)19)15(23)20-12-6-4-7-13(9-12)22(24)25/h2-9H,10H2,1H3,(H,20,23). The summed E-state index contributed by atoms with van der Waals surface area (Å²) in [5, 5.41) is 13.1. The number of nitrogens with zero attached hydrogens (tertiary/aromatic N) is 2. The molecule has 0 fully saturated rings. The molecule has 2 aromatic carbocycles. The fourth-order valence-corrected chi connectivity index (χ4v) is 2.18. The highest BCUT2D eigenvalue weighted by Crippen LogP contribution is 2.32. The lowest BCUT2D eigenvalue weighted by molar-refractivity contribution is -0.384. The lowest BCUT2D eigenvalue weighted by Gasteiger charge is -2.20. The third kappa shape index (κ3) is 4.69. The third-order valence-electron chi connectivity index (χ3n) is 3.39. The van der Waals surface area contributed by atoms with Gasteiger partial charge in [-0.2, -0.15) is 13.2 Å². The summed E-state index contributed by atoms with van der Waals surface area (Å²) in [6, 6.07) is 9.55. The van der Waals surface area contributed by atoms with E-state index in [0.29, 0.717) is 0 Å². The first-order valence-electron chi connectivity index (χ1n) is 7.10. The first-order chi connectivity index (χ1) is 11.7. The van der Waals surface area contributed by atoms with E-state index in [1.165, 1.54) is 43.4 Å². The summed E-state index contributed by atoms with van der Waals surface area (Å²) in [5.41, 5.74) is -0.894. The number of hydrogen-bond donors (Lipinski definition) is 1. The van der Waals surface area contributed by atoms with Crippen molar-refractivity contribution in [1.29, 1.82) is 0 Å². The number of nitro groups is 1. The Morgan fingerprint density at radius 3 is 2.52 bits per heavy atom. The highest BCUT2D eigenvalue weighted by Gasteiger charge is 2.33. The van der Waals surface area contributed by atoms with Crippen LogP contribution in [0.2, 0.25) is 0 Å². The van der Waals surface area contributed by atoms with Crippen LogP contribution in [0.1, 0.15) is 11.1 Å². The quantitative estimate of drug-likeness (QED) is 0.658. The van der Waals surface area contributed by atoms with Crippen molar-refractivity contribution in [1.82, 2.24) is 4.90 Å². The maximum absolute atomic E-state index is 13.0. The van der Waals surface area contributed by atoms with E-state index in [9.17, 15) is 28.1 Å². The largest absolute Gasteiger partial charge is 0.416 e. The highest BCUT2D eigenvalue weighted by molar-refractivity contribution is 5.89. The summed E-state index contributed by atoms with van der Waals surface area (Å²) < 4.78 is 39.0. The number of urea groups is 1. The molecule has 0 atom stereocenters. The molecule has 0 aliphatic rings. The minimum Gasteiger partial charge on any atom is -0.323 e. The van der Waals surface area contributed by atoms with E-state index >= 15 is 0 Å². The summed E-state index contributed by atoms with van der Waals surface area (Å²) in [7, 11) is 1.33. The Bertz CT molecular complexity index is 793. The summed E-state index contributed by atoms with van der Waals surface area (Å²) in [6.07, 6.45) is -4.52. The Morgan fingerprint density at radius 1 is 1.20 bits per heavy atom. The fraction of sp³-hybridized carbons (Fsp3) is 0.188. The molecule has 9 heteroatoms. The van der Waals surface area contributed by atoms with Gasteiger partial charge in [0.2, 0.25) is 0 Å². The van der Waals surface area contributed by atoms with Crippen LogP contribution < -0.4 is 5.32 Å². The van der Waals surface area contributed by atoms with Crippen LogP contribution in [0.15, 0.2) is 48.5 Å². The second-order valence-corrected chi connectivity index (χ2v) is 5.25. The van der Waals surface area contributed by atoms with Crippen LogP contribution in [0.25, 0.3) is 0 Å². The van der Waals surface area contributed by atoms with E-state index in [1.54, 1.807) is 0 Å². The van der Waals surface area contributed by atoms with Crippen molar-refractivity contribution in [3.8, 4) is 0 Å². The van der Waals surface area contributed by atoms with Crippen molar-refractivity contribution in [3.05, 3.63) is 69.8 Å². The Labute approximate surface area is 141 Å². The average molecular weight is 353 g/mol. The number of anilines is 1. The van der Waals surface area contributed by atoms with Crippen LogP contribution in [0.4, 0.5) is 29.3 Å². The van der Waals surface area contributed by atoms with Crippen LogP contribution in [-0.2, 0) is 12.7 Å². The van der Waals surface area contributed by atoms with Gasteiger partial charge in [0.05, 0.1) is 10.5 Å². The zero-order chi connectivity index (χ0) is 18.6. The third-order valence-corrected chi connectivity index (χ3v) is 3.39. The molecule has 2 rings (SSSR count). The average Bonchev–Trinajstić information content (AvgIpc) is 2.54. The Hall–Kier alpha value is -3.10. The first kappa shape index (κ1) is 18.2. The SMILES string of the molecule is CN(Cc1ccccc1C(F)(F)F)C(=O)Nc1cccc([N+](=O)[O-])c1.